The lowest BCUT2D eigenvalue weighted by molar-refractivity contribution is -0.122. The van der Waals surface area contributed by atoms with Crippen molar-refractivity contribution in [3.8, 4) is 0 Å². The monoisotopic (exact) mass is 338 g/mol. The van der Waals surface area contributed by atoms with Gasteiger partial charge in [0.15, 0.2) is 0 Å². The summed E-state index contributed by atoms with van der Waals surface area (Å²) in [6.07, 6.45) is 4.65. The molecule has 0 unspecified atom stereocenters. The van der Waals surface area contributed by atoms with Gasteiger partial charge >= 0.3 is 0 Å². The number of rotatable bonds is 8. The summed E-state index contributed by atoms with van der Waals surface area (Å²) in [5.74, 6) is 0.175. The molecule has 0 aliphatic heterocycles. The predicted octanol–water partition coefficient (Wildman–Crippen LogP) is 2.10. The highest BCUT2D eigenvalue weighted by atomic mass is 32.2. The minimum atomic E-state index is -3.40. The van der Waals surface area contributed by atoms with E-state index in [0.29, 0.717) is 6.54 Å². The molecule has 1 saturated carbocycles. The van der Waals surface area contributed by atoms with E-state index in [-0.39, 0.29) is 18.4 Å². The van der Waals surface area contributed by atoms with Crippen molar-refractivity contribution in [2.75, 3.05) is 23.7 Å². The molecular formula is C17H26N2O3S. The van der Waals surface area contributed by atoms with Crippen LogP contribution in [0.25, 0.3) is 0 Å². The molecular weight excluding hydrogens is 312 g/mol. The molecule has 0 saturated heterocycles. The maximum absolute atomic E-state index is 12.3. The van der Waals surface area contributed by atoms with Crippen LogP contribution in [0.4, 0.5) is 5.69 Å². The number of carbonyl (C=O) groups is 1. The van der Waals surface area contributed by atoms with E-state index in [1.807, 2.05) is 32.0 Å². The third-order valence-corrected chi connectivity index (χ3v) is 5.34. The topological polar surface area (TPSA) is 66.5 Å². The number of hydrogen-bond acceptors (Lipinski definition) is 3. The Hall–Kier alpha value is -1.56. The van der Waals surface area contributed by atoms with Crippen molar-refractivity contribution in [2.24, 2.45) is 5.92 Å². The van der Waals surface area contributed by atoms with Gasteiger partial charge in [-0.3, -0.25) is 9.10 Å². The second kappa shape index (κ2) is 7.34. The number of para-hydroxylation sites is 1. The lowest BCUT2D eigenvalue weighted by atomic mass is 10.0. The first kappa shape index (κ1) is 17.8. The van der Waals surface area contributed by atoms with Crippen molar-refractivity contribution in [1.82, 2.24) is 5.32 Å². The molecule has 0 aromatic heterocycles. The summed E-state index contributed by atoms with van der Waals surface area (Å²) in [5, 5.41) is 2.85. The second-order valence-corrected chi connectivity index (χ2v) is 7.94. The van der Waals surface area contributed by atoms with Crippen molar-refractivity contribution < 1.29 is 13.2 Å². The highest BCUT2D eigenvalue weighted by Crippen LogP contribution is 2.30. The molecule has 0 radical (unpaired) electrons. The molecule has 1 aromatic rings. The molecule has 0 spiro atoms. The molecule has 5 nitrogen and oxygen atoms in total. The molecule has 0 heterocycles. The van der Waals surface area contributed by atoms with Gasteiger partial charge in [-0.25, -0.2) is 8.42 Å². The number of benzene rings is 1. The molecule has 0 atom stereocenters. The average molecular weight is 338 g/mol. The van der Waals surface area contributed by atoms with Gasteiger partial charge in [0, 0.05) is 12.5 Å². The first-order chi connectivity index (χ1) is 10.9. The van der Waals surface area contributed by atoms with E-state index in [1.54, 1.807) is 0 Å². The summed E-state index contributed by atoms with van der Waals surface area (Å²) in [7, 11) is -3.40. The minimum Gasteiger partial charge on any atom is -0.354 e. The zero-order chi connectivity index (χ0) is 17.0. The van der Waals surface area contributed by atoms with Gasteiger partial charge < -0.3 is 5.32 Å². The van der Waals surface area contributed by atoms with Gasteiger partial charge in [0.2, 0.25) is 15.9 Å². The van der Waals surface area contributed by atoms with E-state index in [2.05, 4.69) is 5.32 Å². The molecule has 1 aliphatic rings. The lowest BCUT2D eigenvalue weighted by Crippen LogP contribution is -2.39. The summed E-state index contributed by atoms with van der Waals surface area (Å²) in [5.41, 5.74) is 2.81. The van der Waals surface area contributed by atoms with Gasteiger partial charge in [0.05, 0.1) is 18.5 Å². The van der Waals surface area contributed by atoms with Crippen LogP contribution in [-0.4, -0.2) is 33.7 Å². The normalized spacial score (nSPS) is 14.6. The van der Waals surface area contributed by atoms with Crippen molar-refractivity contribution >= 4 is 21.6 Å². The van der Waals surface area contributed by atoms with Crippen molar-refractivity contribution in [3.63, 3.8) is 0 Å². The van der Waals surface area contributed by atoms with Crippen LogP contribution in [0.1, 0.15) is 37.8 Å². The Labute approximate surface area is 139 Å². The standard InChI is InChI=1S/C17H26N2O3S/c1-4-13-7-6-8-14(5-2)16(13)19(23(3,21)22)12-11-18-17(20)15-9-10-15/h6-8,15H,4-5,9-12H2,1-3H3,(H,18,20). The van der Waals surface area contributed by atoms with Crippen LogP contribution >= 0.6 is 0 Å². The Bertz CT molecular complexity index is 644. The number of anilines is 1. The molecule has 0 bridgehead atoms. The van der Waals surface area contributed by atoms with Gasteiger partial charge in [0.25, 0.3) is 0 Å². The van der Waals surface area contributed by atoms with Crippen molar-refractivity contribution in [2.45, 2.75) is 39.5 Å². The molecule has 23 heavy (non-hydrogen) atoms. The summed E-state index contributed by atoms with van der Waals surface area (Å²) in [6, 6.07) is 5.90. The fourth-order valence-corrected chi connectivity index (χ4v) is 3.74. The average Bonchev–Trinajstić information content (AvgIpc) is 3.34. The van der Waals surface area contributed by atoms with Crippen molar-refractivity contribution in [1.29, 1.82) is 0 Å². The van der Waals surface area contributed by atoms with E-state index in [1.165, 1.54) is 10.6 Å². The summed E-state index contributed by atoms with van der Waals surface area (Å²) in [4.78, 5) is 11.7. The van der Waals surface area contributed by atoms with Crippen LogP contribution in [0.15, 0.2) is 18.2 Å². The summed E-state index contributed by atoms with van der Waals surface area (Å²) >= 11 is 0. The fourth-order valence-electron chi connectivity index (χ4n) is 2.75. The Balaban J connectivity index is 2.23. The van der Waals surface area contributed by atoms with Gasteiger partial charge in [-0.05, 0) is 36.8 Å². The number of carbonyl (C=O) groups excluding carboxylic acids is 1. The maximum atomic E-state index is 12.3. The third kappa shape index (κ3) is 4.47. The zero-order valence-electron chi connectivity index (χ0n) is 14.1. The van der Waals surface area contributed by atoms with Crippen molar-refractivity contribution in [3.05, 3.63) is 29.3 Å². The second-order valence-electron chi connectivity index (χ2n) is 6.03. The number of hydrogen-bond donors (Lipinski definition) is 1. The molecule has 1 fully saturated rings. The lowest BCUT2D eigenvalue weighted by Gasteiger charge is -2.27. The Morgan fingerprint density at radius 3 is 2.22 bits per heavy atom. The first-order valence-electron chi connectivity index (χ1n) is 8.24. The highest BCUT2D eigenvalue weighted by molar-refractivity contribution is 7.92. The highest BCUT2D eigenvalue weighted by Gasteiger charge is 2.29. The molecule has 1 amide bonds. The van der Waals surface area contributed by atoms with Crippen LogP contribution in [0.2, 0.25) is 0 Å². The zero-order valence-corrected chi connectivity index (χ0v) is 14.9. The number of sulfonamides is 1. The van der Waals surface area contributed by atoms with Crippen LogP contribution in [0.5, 0.6) is 0 Å². The molecule has 6 heteroatoms. The van der Waals surface area contributed by atoms with Gasteiger partial charge in [0.1, 0.15) is 0 Å². The SMILES string of the molecule is CCc1cccc(CC)c1N(CCNC(=O)C1CC1)S(C)(=O)=O. The van der Waals surface area contributed by atoms with Gasteiger partial charge in [-0.1, -0.05) is 32.0 Å². The Morgan fingerprint density at radius 1 is 1.22 bits per heavy atom. The number of aryl methyl sites for hydroxylation is 2. The predicted molar refractivity (Wildman–Crippen MR) is 93.1 cm³/mol. The molecule has 1 aromatic carbocycles. The number of nitrogens with zero attached hydrogens (tertiary/aromatic N) is 1. The Morgan fingerprint density at radius 2 is 1.78 bits per heavy atom. The molecule has 2 rings (SSSR count). The van der Waals surface area contributed by atoms with Gasteiger partial charge in [-0.15, -0.1) is 0 Å². The summed E-state index contributed by atoms with van der Waals surface area (Å²) < 4.78 is 26.0. The van der Waals surface area contributed by atoms with Crippen LogP contribution < -0.4 is 9.62 Å². The van der Waals surface area contributed by atoms with Crippen LogP contribution in [0.3, 0.4) is 0 Å². The van der Waals surface area contributed by atoms with E-state index in [4.69, 9.17) is 0 Å². The molecule has 128 valence electrons. The van der Waals surface area contributed by atoms with E-state index >= 15 is 0 Å². The largest absolute Gasteiger partial charge is 0.354 e. The van der Waals surface area contributed by atoms with E-state index < -0.39 is 10.0 Å². The quantitative estimate of drug-likeness (QED) is 0.789. The molecule has 1 N–H and O–H groups in total. The first-order valence-corrected chi connectivity index (χ1v) is 10.1. The Kier molecular flexibility index (Phi) is 5.68. The summed E-state index contributed by atoms with van der Waals surface area (Å²) in [6.45, 7) is 4.64. The molecule has 1 aliphatic carbocycles. The third-order valence-electron chi connectivity index (χ3n) is 4.18. The van der Waals surface area contributed by atoms with Crippen LogP contribution in [0, 0.1) is 5.92 Å². The smallest absolute Gasteiger partial charge is 0.232 e. The fraction of sp³-hybridized carbons (Fsp3) is 0.588. The van der Waals surface area contributed by atoms with E-state index in [9.17, 15) is 13.2 Å². The number of amides is 1. The van der Waals surface area contributed by atoms with E-state index in [0.717, 1.165) is 42.5 Å². The van der Waals surface area contributed by atoms with Crippen LogP contribution in [-0.2, 0) is 27.7 Å². The number of nitrogens with one attached hydrogen (secondary N) is 1. The van der Waals surface area contributed by atoms with Gasteiger partial charge in [-0.2, -0.15) is 0 Å². The minimum absolute atomic E-state index is 0.0398. The maximum Gasteiger partial charge on any atom is 0.232 e.